The number of nitrogen functional groups attached to an aromatic ring is 1. The molecule has 0 amide bonds. The normalized spacial score (nSPS) is 9.83. The van der Waals surface area contributed by atoms with Gasteiger partial charge in [0.1, 0.15) is 0 Å². The highest BCUT2D eigenvalue weighted by Crippen LogP contribution is 2.25. The SMILES string of the molecule is Cc1ccc(C#N)cc1Nc1nccc(C)c1N. The Labute approximate surface area is 106 Å². The van der Waals surface area contributed by atoms with Gasteiger partial charge in [-0.1, -0.05) is 6.07 Å². The van der Waals surface area contributed by atoms with Gasteiger partial charge in [0.25, 0.3) is 0 Å². The first-order valence-electron chi connectivity index (χ1n) is 5.60. The Kier molecular flexibility index (Phi) is 3.16. The molecule has 0 aliphatic heterocycles. The van der Waals surface area contributed by atoms with Crippen LogP contribution < -0.4 is 11.1 Å². The largest absolute Gasteiger partial charge is 0.396 e. The van der Waals surface area contributed by atoms with Gasteiger partial charge in [-0.05, 0) is 43.2 Å². The summed E-state index contributed by atoms with van der Waals surface area (Å²) in [6, 6.07) is 9.45. The summed E-state index contributed by atoms with van der Waals surface area (Å²) in [5.74, 6) is 0.619. The van der Waals surface area contributed by atoms with E-state index in [0.717, 1.165) is 16.8 Å². The summed E-state index contributed by atoms with van der Waals surface area (Å²) in [6.07, 6.45) is 1.71. The molecule has 0 aliphatic rings. The van der Waals surface area contributed by atoms with E-state index >= 15 is 0 Å². The average molecular weight is 238 g/mol. The number of aromatic nitrogens is 1. The predicted octanol–water partition coefficient (Wildman–Crippen LogP) is 2.90. The minimum Gasteiger partial charge on any atom is -0.396 e. The van der Waals surface area contributed by atoms with Crippen molar-refractivity contribution in [1.29, 1.82) is 5.26 Å². The van der Waals surface area contributed by atoms with Crippen LogP contribution in [0.4, 0.5) is 17.2 Å². The molecule has 0 bridgehead atoms. The topological polar surface area (TPSA) is 74.7 Å². The molecule has 18 heavy (non-hydrogen) atoms. The number of benzene rings is 1. The van der Waals surface area contributed by atoms with Crippen LogP contribution in [0.15, 0.2) is 30.5 Å². The summed E-state index contributed by atoms with van der Waals surface area (Å²) in [5, 5.41) is 12.1. The first kappa shape index (κ1) is 11.9. The molecule has 0 unspecified atom stereocenters. The van der Waals surface area contributed by atoms with E-state index in [1.165, 1.54) is 0 Å². The Bertz CT molecular complexity index is 626. The van der Waals surface area contributed by atoms with Crippen LogP contribution in [0, 0.1) is 25.2 Å². The second-order valence-corrected chi connectivity index (χ2v) is 4.16. The molecule has 2 rings (SSSR count). The minimum atomic E-state index is 0.606. The van der Waals surface area contributed by atoms with Crippen LogP contribution >= 0.6 is 0 Å². The number of nitrogens with one attached hydrogen (secondary N) is 1. The van der Waals surface area contributed by atoms with E-state index in [-0.39, 0.29) is 0 Å². The lowest BCUT2D eigenvalue weighted by molar-refractivity contribution is 1.27. The van der Waals surface area contributed by atoms with E-state index < -0.39 is 0 Å². The van der Waals surface area contributed by atoms with Crippen molar-refractivity contribution in [3.63, 3.8) is 0 Å². The molecule has 90 valence electrons. The fourth-order valence-electron chi connectivity index (χ4n) is 1.62. The van der Waals surface area contributed by atoms with Crippen LogP contribution in [-0.2, 0) is 0 Å². The first-order valence-corrected chi connectivity index (χ1v) is 5.60. The Morgan fingerprint density at radius 3 is 2.72 bits per heavy atom. The number of aryl methyl sites for hydroxylation is 2. The predicted molar refractivity (Wildman–Crippen MR) is 72.6 cm³/mol. The Balaban J connectivity index is 2.40. The van der Waals surface area contributed by atoms with Crippen molar-refractivity contribution in [2.24, 2.45) is 0 Å². The van der Waals surface area contributed by atoms with Crippen LogP contribution in [0.25, 0.3) is 0 Å². The van der Waals surface area contributed by atoms with Crippen LogP contribution in [0.5, 0.6) is 0 Å². The molecule has 0 radical (unpaired) electrons. The average Bonchev–Trinajstić information content (AvgIpc) is 2.37. The third-order valence-electron chi connectivity index (χ3n) is 2.83. The van der Waals surface area contributed by atoms with Gasteiger partial charge in [-0.3, -0.25) is 0 Å². The molecule has 0 fully saturated rings. The third-order valence-corrected chi connectivity index (χ3v) is 2.83. The van der Waals surface area contributed by atoms with Crippen molar-refractivity contribution in [2.75, 3.05) is 11.1 Å². The van der Waals surface area contributed by atoms with Crippen LogP contribution in [-0.4, -0.2) is 4.98 Å². The monoisotopic (exact) mass is 238 g/mol. The molecule has 4 nitrogen and oxygen atoms in total. The molecule has 0 atom stereocenters. The van der Waals surface area contributed by atoms with E-state index in [0.29, 0.717) is 17.1 Å². The smallest absolute Gasteiger partial charge is 0.153 e. The Morgan fingerprint density at radius 2 is 2.00 bits per heavy atom. The zero-order chi connectivity index (χ0) is 13.1. The molecule has 0 saturated carbocycles. The molecule has 1 heterocycles. The first-order chi connectivity index (χ1) is 8.61. The Hall–Kier alpha value is -2.54. The zero-order valence-electron chi connectivity index (χ0n) is 10.4. The van der Waals surface area contributed by atoms with Crippen molar-refractivity contribution < 1.29 is 0 Å². The summed E-state index contributed by atoms with van der Waals surface area (Å²) in [5.41, 5.74) is 10.0. The molecule has 2 aromatic rings. The Morgan fingerprint density at radius 1 is 1.22 bits per heavy atom. The fraction of sp³-hybridized carbons (Fsp3) is 0.143. The van der Waals surface area contributed by atoms with E-state index in [4.69, 9.17) is 11.0 Å². The van der Waals surface area contributed by atoms with E-state index in [9.17, 15) is 0 Å². The molecule has 0 aliphatic carbocycles. The number of nitrogens with two attached hydrogens (primary N) is 1. The van der Waals surface area contributed by atoms with Crippen molar-refractivity contribution in [1.82, 2.24) is 4.98 Å². The quantitative estimate of drug-likeness (QED) is 0.843. The number of nitrogens with zero attached hydrogens (tertiary/aromatic N) is 2. The number of anilines is 3. The van der Waals surface area contributed by atoms with Crippen molar-refractivity contribution in [2.45, 2.75) is 13.8 Å². The standard InChI is InChI=1S/C14H14N4/c1-9-3-4-11(8-15)7-12(9)18-14-13(16)10(2)5-6-17-14/h3-7H,16H2,1-2H3,(H,17,18). The number of hydrogen-bond donors (Lipinski definition) is 2. The number of nitriles is 1. The maximum atomic E-state index is 8.90. The summed E-state index contributed by atoms with van der Waals surface area (Å²) in [4.78, 5) is 4.21. The molecule has 1 aromatic carbocycles. The molecule has 1 aromatic heterocycles. The number of hydrogen-bond acceptors (Lipinski definition) is 4. The highest BCUT2D eigenvalue weighted by Gasteiger charge is 2.06. The lowest BCUT2D eigenvalue weighted by atomic mass is 10.1. The van der Waals surface area contributed by atoms with E-state index in [1.54, 1.807) is 18.3 Å². The van der Waals surface area contributed by atoms with Gasteiger partial charge in [-0.15, -0.1) is 0 Å². The highest BCUT2D eigenvalue weighted by molar-refractivity contribution is 5.73. The van der Waals surface area contributed by atoms with Crippen molar-refractivity contribution in [3.8, 4) is 6.07 Å². The van der Waals surface area contributed by atoms with Gasteiger partial charge in [-0.2, -0.15) is 5.26 Å². The summed E-state index contributed by atoms with van der Waals surface area (Å²) in [6.45, 7) is 3.90. The second kappa shape index (κ2) is 4.76. The van der Waals surface area contributed by atoms with Gasteiger partial charge in [-0.25, -0.2) is 4.98 Å². The van der Waals surface area contributed by atoms with Gasteiger partial charge in [0.2, 0.25) is 0 Å². The maximum absolute atomic E-state index is 8.90. The summed E-state index contributed by atoms with van der Waals surface area (Å²) in [7, 11) is 0. The molecule has 0 spiro atoms. The van der Waals surface area contributed by atoms with Crippen LogP contribution in [0.3, 0.4) is 0 Å². The fourth-order valence-corrected chi connectivity index (χ4v) is 1.62. The van der Waals surface area contributed by atoms with Crippen molar-refractivity contribution >= 4 is 17.2 Å². The zero-order valence-corrected chi connectivity index (χ0v) is 10.4. The van der Waals surface area contributed by atoms with Gasteiger partial charge in [0.05, 0.1) is 17.3 Å². The van der Waals surface area contributed by atoms with Gasteiger partial charge in [0, 0.05) is 11.9 Å². The molecular formula is C14H14N4. The maximum Gasteiger partial charge on any atom is 0.153 e. The van der Waals surface area contributed by atoms with Gasteiger partial charge < -0.3 is 11.1 Å². The summed E-state index contributed by atoms with van der Waals surface area (Å²) >= 11 is 0. The van der Waals surface area contributed by atoms with Gasteiger partial charge in [0.15, 0.2) is 5.82 Å². The van der Waals surface area contributed by atoms with E-state index in [1.807, 2.05) is 26.0 Å². The lowest BCUT2D eigenvalue weighted by Crippen LogP contribution is -2.02. The number of pyridine rings is 1. The second-order valence-electron chi connectivity index (χ2n) is 4.16. The van der Waals surface area contributed by atoms with Crippen LogP contribution in [0.1, 0.15) is 16.7 Å². The molecule has 0 saturated heterocycles. The van der Waals surface area contributed by atoms with E-state index in [2.05, 4.69) is 16.4 Å². The van der Waals surface area contributed by atoms with Crippen molar-refractivity contribution in [3.05, 3.63) is 47.2 Å². The number of rotatable bonds is 2. The molecular weight excluding hydrogens is 224 g/mol. The minimum absolute atomic E-state index is 0.606. The molecule has 3 N–H and O–H groups in total. The highest BCUT2D eigenvalue weighted by atomic mass is 15.0. The third kappa shape index (κ3) is 2.25. The van der Waals surface area contributed by atoms with Gasteiger partial charge >= 0.3 is 0 Å². The van der Waals surface area contributed by atoms with Crippen LogP contribution in [0.2, 0.25) is 0 Å². The lowest BCUT2D eigenvalue weighted by Gasteiger charge is -2.12. The summed E-state index contributed by atoms with van der Waals surface area (Å²) < 4.78 is 0. The molecule has 4 heteroatoms.